The highest BCUT2D eigenvalue weighted by atomic mass is 16.4. The predicted molar refractivity (Wildman–Crippen MR) is 71.1 cm³/mol. The number of hydrogen-bond donors (Lipinski definition) is 1. The van der Waals surface area contributed by atoms with Gasteiger partial charge in [-0.15, -0.1) is 0 Å². The minimum atomic E-state index is -0.720. The van der Waals surface area contributed by atoms with E-state index in [4.69, 9.17) is 5.11 Å². The lowest BCUT2D eigenvalue weighted by atomic mass is 10.0. The van der Waals surface area contributed by atoms with Gasteiger partial charge in [0.15, 0.2) is 0 Å². The molecule has 0 unspecified atom stereocenters. The van der Waals surface area contributed by atoms with E-state index in [1.807, 2.05) is 0 Å². The van der Waals surface area contributed by atoms with Gasteiger partial charge in [-0.25, -0.2) is 0 Å². The summed E-state index contributed by atoms with van der Waals surface area (Å²) in [5.74, 6) is -0.720. The molecule has 0 saturated carbocycles. The van der Waals surface area contributed by atoms with Crippen molar-refractivity contribution < 1.29 is 9.90 Å². The fraction of sp³-hybridized carbons (Fsp3) is 0.400. The van der Waals surface area contributed by atoms with Crippen LogP contribution in [0, 0.1) is 13.8 Å². The molecule has 0 bridgehead atoms. The molecule has 1 N–H and O–H groups in total. The molecular formula is C15H20O2. The maximum Gasteiger partial charge on any atom is 0.303 e. The molecule has 92 valence electrons. The standard InChI is InChI=1S/C15H20O2/c1-11-8-9-14(10-13(11)3)12(2)6-4-5-7-15(16)17/h6,8-10H,4-5,7H2,1-3H3,(H,16,17)/b12-6+. The molecule has 0 aliphatic rings. The summed E-state index contributed by atoms with van der Waals surface area (Å²) in [5.41, 5.74) is 5.04. The number of carboxylic acid groups (broad SMARTS) is 1. The Kier molecular flexibility index (Phi) is 4.95. The van der Waals surface area contributed by atoms with Gasteiger partial charge in [0.2, 0.25) is 0 Å². The molecule has 2 heteroatoms. The maximum absolute atomic E-state index is 10.4. The van der Waals surface area contributed by atoms with Crippen LogP contribution in [0.1, 0.15) is 42.9 Å². The summed E-state index contributed by atoms with van der Waals surface area (Å²) in [5, 5.41) is 8.54. The van der Waals surface area contributed by atoms with E-state index >= 15 is 0 Å². The third-order valence-corrected chi connectivity index (χ3v) is 3.01. The third-order valence-electron chi connectivity index (χ3n) is 3.01. The Morgan fingerprint density at radius 1 is 1.29 bits per heavy atom. The van der Waals surface area contributed by atoms with Gasteiger partial charge in [0.05, 0.1) is 0 Å². The quantitative estimate of drug-likeness (QED) is 0.780. The van der Waals surface area contributed by atoms with E-state index in [-0.39, 0.29) is 6.42 Å². The molecule has 0 aromatic heterocycles. The molecule has 0 heterocycles. The van der Waals surface area contributed by atoms with Crippen LogP contribution < -0.4 is 0 Å². The molecule has 1 rings (SSSR count). The van der Waals surface area contributed by atoms with Gasteiger partial charge in [0, 0.05) is 6.42 Å². The minimum Gasteiger partial charge on any atom is -0.481 e. The van der Waals surface area contributed by atoms with Crippen LogP contribution in [-0.4, -0.2) is 11.1 Å². The molecule has 1 aromatic rings. The summed E-state index contributed by atoms with van der Waals surface area (Å²) in [6, 6.07) is 6.42. The second-order valence-corrected chi connectivity index (χ2v) is 4.47. The first-order valence-corrected chi connectivity index (χ1v) is 5.97. The monoisotopic (exact) mass is 232 g/mol. The van der Waals surface area contributed by atoms with Crippen LogP contribution >= 0.6 is 0 Å². The van der Waals surface area contributed by atoms with E-state index < -0.39 is 5.97 Å². The lowest BCUT2D eigenvalue weighted by Gasteiger charge is -2.05. The van der Waals surface area contributed by atoms with Crippen molar-refractivity contribution >= 4 is 11.5 Å². The molecule has 0 spiro atoms. The smallest absolute Gasteiger partial charge is 0.303 e. The fourth-order valence-electron chi connectivity index (χ4n) is 1.68. The Morgan fingerprint density at radius 3 is 2.59 bits per heavy atom. The first-order valence-electron chi connectivity index (χ1n) is 5.97. The summed E-state index contributed by atoms with van der Waals surface area (Å²) in [4.78, 5) is 10.4. The van der Waals surface area contributed by atoms with Gasteiger partial charge in [0.25, 0.3) is 0 Å². The number of aryl methyl sites for hydroxylation is 2. The molecular weight excluding hydrogens is 212 g/mol. The van der Waals surface area contributed by atoms with Crippen LogP contribution in [0.2, 0.25) is 0 Å². The van der Waals surface area contributed by atoms with Gasteiger partial charge in [-0.05, 0) is 55.9 Å². The van der Waals surface area contributed by atoms with Gasteiger partial charge in [-0.1, -0.05) is 24.3 Å². The Morgan fingerprint density at radius 2 is 2.00 bits per heavy atom. The lowest BCUT2D eigenvalue weighted by molar-refractivity contribution is -0.137. The highest BCUT2D eigenvalue weighted by molar-refractivity contribution is 5.67. The molecule has 0 fully saturated rings. The zero-order chi connectivity index (χ0) is 12.8. The number of hydrogen-bond acceptors (Lipinski definition) is 1. The van der Waals surface area contributed by atoms with Crippen molar-refractivity contribution in [1.82, 2.24) is 0 Å². The Hall–Kier alpha value is -1.57. The first kappa shape index (κ1) is 13.5. The third kappa shape index (κ3) is 4.43. The van der Waals surface area contributed by atoms with Crippen LogP contribution in [0.4, 0.5) is 0 Å². The predicted octanol–water partition coefficient (Wildman–Crippen LogP) is 3.96. The second-order valence-electron chi connectivity index (χ2n) is 4.47. The van der Waals surface area contributed by atoms with Crippen molar-refractivity contribution in [3.05, 3.63) is 41.0 Å². The van der Waals surface area contributed by atoms with Gasteiger partial charge < -0.3 is 5.11 Å². The molecule has 0 saturated heterocycles. The number of benzene rings is 1. The summed E-state index contributed by atoms with van der Waals surface area (Å²) in [7, 11) is 0. The van der Waals surface area contributed by atoms with Gasteiger partial charge in [0.1, 0.15) is 0 Å². The fourth-order valence-corrected chi connectivity index (χ4v) is 1.68. The number of allylic oxidation sites excluding steroid dienone is 2. The zero-order valence-electron chi connectivity index (χ0n) is 10.8. The van der Waals surface area contributed by atoms with E-state index in [1.54, 1.807) is 0 Å². The maximum atomic E-state index is 10.4. The van der Waals surface area contributed by atoms with Gasteiger partial charge >= 0.3 is 5.97 Å². The van der Waals surface area contributed by atoms with Crippen molar-refractivity contribution in [2.24, 2.45) is 0 Å². The van der Waals surface area contributed by atoms with Crippen molar-refractivity contribution in [1.29, 1.82) is 0 Å². The Labute approximate surface area is 103 Å². The van der Waals surface area contributed by atoms with Gasteiger partial charge in [-0.2, -0.15) is 0 Å². The van der Waals surface area contributed by atoms with Crippen LogP contribution in [0.5, 0.6) is 0 Å². The minimum absolute atomic E-state index is 0.247. The zero-order valence-corrected chi connectivity index (χ0v) is 10.8. The largest absolute Gasteiger partial charge is 0.481 e. The average molecular weight is 232 g/mol. The van der Waals surface area contributed by atoms with E-state index in [0.29, 0.717) is 6.42 Å². The van der Waals surface area contributed by atoms with Crippen molar-refractivity contribution in [3.8, 4) is 0 Å². The van der Waals surface area contributed by atoms with Crippen molar-refractivity contribution in [2.75, 3.05) is 0 Å². The van der Waals surface area contributed by atoms with Gasteiger partial charge in [-0.3, -0.25) is 4.79 Å². The molecule has 17 heavy (non-hydrogen) atoms. The topological polar surface area (TPSA) is 37.3 Å². The molecule has 2 nitrogen and oxygen atoms in total. The lowest BCUT2D eigenvalue weighted by Crippen LogP contribution is -1.92. The summed E-state index contributed by atoms with van der Waals surface area (Å²) in [6.45, 7) is 6.28. The van der Waals surface area contributed by atoms with E-state index in [9.17, 15) is 4.79 Å². The molecule has 0 radical (unpaired) electrons. The number of rotatable bonds is 5. The average Bonchev–Trinajstić information content (AvgIpc) is 2.27. The van der Waals surface area contributed by atoms with Crippen LogP contribution in [0.3, 0.4) is 0 Å². The van der Waals surface area contributed by atoms with Crippen molar-refractivity contribution in [3.63, 3.8) is 0 Å². The number of carbonyl (C=O) groups is 1. The summed E-state index contributed by atoms with van der Waals surface area (Å²) >= 11 is 0. The number of aliphatic carboxylic acids is 1. The second kappa shape index (κ2) is 6.24. The van der Waals surface area contributed by atoms with E-state index in [2.05, 4.69) is 45.0 Å². The SMILES string of the molecule is C/C(=C\CCCC(=O)O)c1ccc(C)c(C)c1. The molecule has 1 aromatic carbocycles. The molecule has 0 atom stereocenters. The van der Waals surface area contributed by atoms with Crippen LogP contribution in [0.15, 0.2) is 24.3 Å². The number of carboxylic acids is 1. The van der Waals surface area contributed by atoms with E-state index in [1.165, 1.54) is 22.3 Å². The highest BCUT2D eigenvalue weighted by Gasteiger charge is 1.99. The highest BCUT2D eigenvalue weighted by Crippen LogP contribution is 2.18. The summed E-state index contributed by atoms with van der Waals surface area (Å²) < 4.78 is 0. The Balaban J connectivity index is 2.62. The molecule has 0 aliphatic carbocycles. The molecule has 0 amide bonds. The van der Waals surface area contributed by atoms with E-state index in [0.717, 1.165) is 6.42 Å². The van der Waals surface area contributed by atoms with Crippen molar-refractivity contribution in [2.45, 2.75) is 40.0 Å². The van der Waals surface area contributed by atoms with Crippen LogP contribution in [-0.2, 0) is 4.79 Å². The summed E-state index contributed by atoms with van der Waals surface area (Å²) in [6.07, 6.45) is 3.90. The normalized spacial score (nSPS) is 11.6. The first-order chi connectivity index (χ1) is 8.00. The Bertz CT molecular complexity index is 431. The molecule has 0 aliphatic heterocycles. The number of unbranched alkanes of at least 4 members (excludes halogenated alkanes) is 1. The van der Waals surface area contributed by atoms with Crippen LogP contribution in [0.25, 0.3) is 5.57 Å².